The minimum Gasteiger partial charge on any atom is -0.481 e. The smallest absolute Gasteiger partial charge is 0.416 e. The highest BCUT2D eigenvalue weighted by Crippen LogP contribution is 2.31. The van der Waals surface area contributed by atoms with Crippen molar-refractivity contribution in [3.8, 4) is 0 Å². The highest BCUT2D eigenvalue weighted by molar-refractivity contribution is 5.99. The van der Waals surface area contributed by atoms with Crippen molar-refractivity contribution in [2.24, 2.45) is 10.1 Å². The number of carbonyl (C=O) groups is 3. The number of amides is 2. The summed E-state index contributed by atoms with van der Waals surface area (Å²) in [6.45, 7) is 3.35. The van der Waals surface area contributed by atoms with Gasteiger partial charge >= 0.3 is 12.1 Å². The molecular weight excluding hydrogens is 538 g/mol. The Labute approximate surface area is 226 Å². The molecule has 2 aliphatic heterocycles. The first-order chi connectivity index (χ1) is 19.0. The monoisotopic (exact) mass is 565 g/mol. The zero-order valence-corrected chi connectivity index (χ0v) is 21.0. The number of nitrogens with zero attached hydrogens (tertiary/aromatic N) is 2. The summed E-state index contributed by atoms with van der Waals surface area (Å²) in [5.74, 6) is -2.61. The third-order valence-corrected chi connectivity index (χ3v) is 5.64. The van der Waals surface area contributed by atoms with Crippen LogP contribution in [0.25, 0.3) is 0 Å². The predicted octanol–water partition coefficient (Wildman–Crippen LogP) is 1.30. The number of alkyl halides is 4. The fraction of sp³-hybridized carbons (Fsp3) is 0.320. The molecular formula is C25H27F4N7O4. The maximum Gasteiger partial charge on any atom is 0.416 e. The summed E-state index contributed by atoms with van der Waals surface area (Å²) in [5.41, 5.74) is 2.78. The molecule has 0 saturated carbocycles. The third kappa shape index (κ3) is 8.68. The summed E-state index contributed by atoms with van der Waals surface area (Å²) in [6.07, 6.45) is -2.29. The van der Waals surface area contributed by atoms with Gasteiger partial charge in [-0.25, -0.2) is 9.38 Å². The Hall–Kier alpha value is -4.69. The highest BCUT2D eigenvalue weighted by Gasteiger charge is 2.31. The largest absolute Gasteiger partial charge is 0.481 e. The Balaban J connectivity index is 1.70. The quantitative estimate of drug-likeness (QED) is 0.142. The Morgan fingerprint density at radius 1 is 1.27 bits per heavy atom. The minimum atomic E-state index is -4.66. The normalized spacial score (nSPS) is 18.9. The van der Waals surface area contributed by atoms with Gasteiger partial charge in [-0.1, -0.05) is 24.8 Å². The standard InChI is InChI=1S/C25H27F4N7O4/c1-2-14(7-19(16-9-33-34-10-16)36-24-31-11-18(26)12-32-24)23(40)30-13-21(37)35-20(8-22(38)39)15-4-3-5-17(6-15)25(27,28)29/h2-7,9,18,20,34H,1,8,10-13H2,(H,30,40)(H,35,37)(H,38,39)(H2,31,32,36)/b14-7+,19-16+/t20-/m0/s1. The van der Waals surface area contributed by atoms with Crippen molar-refractivity contribution in [3.05, 3.63) is 71.0 Å². The van der Waals surface area contributed by atoms with Crippen LogP contribution in [0.15, 0.2) is 69.9 Å². The molecule has 6 N–H and O–H groups in total. The molecule has 2 amide bonds. The van der Waals surface area contributed by atoms with E-state index in [1.165, 1.54) is 24.4 Å². The van der Waals surface area contributed by atoms with E-state index in [-0.39, 0.29) is 30.2 Å². The number of rotatable bonds is 10. The fourth-order valence-corrected chi connectivity index (χ4v) is 3.64. The molecule has 15 heteroatoms. The second kappa shape index (κ2) is 13.4. The number of hydrazone groups is 1. The number of halogens is 4. The molecule has 0 radical (unpaired) electrons. The topological polar surface area (TPSA) is 156 Å². The van der Waals surface area contributed by atoms with Crippen LogP contribution in [-0.2, 0) is 20.6 Å². The molecule has 0 spiro atoms. The van der Waals surface area contributed by atoms with Crippen LogP contribution >= 0.6 is 0 Å². The Morgan fingerprint density at radius 2 is 2.05 bits per heavy atom. The average Bonchev–Trinajstić information content (AvgIpc) is 3.45. The van der Waals surface area contributed by atoms with E-state index in [0.717, 1.165) is 18.2 Å². The van der Waals surface area contributed by atoms with Gasteiger partial charge < -0.3 is 31.8 Å². The first-order valence-corrected chi connectivity index (χ1v) is 12.0. The molecule has 0 aromatic heterocycles. The molecule has 0 bridgehead atoms. The summed E-state index contributed by atoms with van der Waals surface area (Å²) >= 11 is 0. The second-order valence-corrected chi connectivity index (χ2v) is 8.65. The number of guanidine groups is 1. The number of allylic oxidation sites excluding steroid dienone is 1. The van der Waals surface area contributed by atoms with Crippen LogP contribution in [0.3, 0.4) is 0 Å². The average molecular weight is 566 g/mol. The van der Waals surface area contributed by atoms with Gasteiger partial charge in [0.2, 0.25) is 5.91 Å². The first-order valence-electron chi connectivity index (χ1n) is 12.0. The molecule has 1 aromatic rings. The molecule has 1 aromatic carbocycles. The van der Waals surface area contributed by atoms with Crippen molar-refractivity contribution in [1.82, 2.24) is 26.7 Å². The molecule has 3 rings (SSSR count). The maximum absolute atomic E-state index is 13.4. The van der Waals surface area contributed by atoms with E-state index in [2.05, 4.69) is 43.4 Å². The molecule has 2 aliphatic rings. The molecule has 0 fully saturated rings. The van der Waals surface area contributed by atoms with Gasteiger partial charge in [-0.05, 0) is 23.8 Å². The van der Waals surface area contributed by atoms with Gasteiger partial charge in [0.25, 0.3) is 5.91 Å². The lowest BCUT2D eigenvalue weighted by Crippen LogP contribution is -2.44. The Morgan fingerprint density at radius 3 is 2.65 bits per heavy atom. The third-order valence-electron chi connectivity index (χ3n) is 5.64. The SMILES string of the molecule is C=C/C(=C\C(NC1=NCC(F)CN1)=C1\C=NNC1)C(=O)NCC(=O)N[C@@H](CC(=O)O)c1cccc(C(F)(F)F)c1. The summed E-state index contributed by atoms with van der Waals surface area (Å²) in [4.78, 5) is 40.7. The van der Waals surface area contributed by atoms with Crippen LogP contribution in [0.1, 0.15) is 23.6 Å². The van der Waals surface area contributed by atoms with E-state index < -0.39 is 54.7 Å². The van der Waals surface area contributed by atoms with Crippen LogP contribution in [0.2, 0.25) is 0 Å². The van der Waals surface area contributed by atoms with Crippen molar-refractivity contribution in [3.63, 3.8) is 0 Å². The van der Waals surface area contributed by atoms with Crippen LogP contribution in [0.4, 0.5) is 17.6 Å². The lowest BCUT2D eigenvalue weighted by atomic mass is 10.0. The lowest BCUT2D eigenvalue weighted by Gasteiger charge is -2.20. The number of benzene rings is 1. The van der Waals surface area contributed by atoms with Crippen LogP contribution in [0.5, 0.6) is 0 Å². The number of hydrogen-bond acceptors (Lipinski definition) is 8. The van der Waals surface area contributed by atoms with E-state index in [1.807, 2.05) is 0 Å². The van der Waals surface area contributed by atoms with Gasteiger partial charge in [0, 0.05) is 16.8 Å². The molecule has 2 atom stereocenters. The van der Waals surface area contributed by atoms with E-state index in [4.69, 9.17) is 0 Å². The number of aliphatic carboxylic acids is 1. The minimum absolute atomic E-state index is 0.0304. The first kappa shape index (κ1) is 29.9. The number of hydrogen-bond donors (Lipinski definition) is 6. The summed E-state index contributed by atoms with van der Waals surface area (Å²) < 4.78 is 52.7. The summed E-state index contributed by atoms with van der Waals surface area (Å²) in [7, 11) is 0. The molecule has 1 unspecified atom stereocenters. The van der Waals surface area contributed by atoms with Crippen LogP contribution in [-0.4, -0.2) is 67.4 Å². The number of carboxylic acid groups (broad SMARTS) is 1. The Bertz CT molecular complexity index is 1270. The van der Waals surface area contributed by atoms with Crippen LogP contribution in [0, 0.1) is 0 Å². The molecule has 0 aliphatic carbocycles. The summed E-state index contributed by atoms with van der Waals surface area (Å²) in [5, 5.41) is 23.6. The van der Waals surface area contributed by atoms with Gasteiger partial charge in [0.15, 0.2) is 5.96 Å². The van der Waals surface area contributed by atoms with Crippen molar-refractivity contribution in [2.45, 2.75) is 24.8 Å². The molecule has 40 heavy (non-hydrogen) atoms. The van der Waals surface area contributed by atoms with Gasteiger partial charge in [-0.2, -0.15) is 18.3 Å². The number of carbonyl (C=O) groups excluding carboxylic acids is 2. The molecule has 0 saturated heterocycles. The van der Waals surface area contributed by atoms with Gasteiger partial charge in [-0.15, -0.1) is 0 Å². The van der Waals surface area contributed by atoms with E-state index in [0.29, 0.717) is 17.8 Å². The van der Waals surface area contributed by atoms with Gasteiger partial charge in [-0.3, -0.25) is 14.4 Å². The van der Waals surface area contributed by atoms with Crippen molar-refractivity contribution in [1.29, 1.82) is 0 Å². The molecule has 214 valence electrons. The zero-order chi connectivity index (χ0) is 29.3. The van der Waals surface area contributed by atoms with Crippen molar-refractivity contribution >= 4 is 30.0 Å². The maximum atomic E-state index is 13.4. The summed E-state index contributed by atoms with van der Waals surface area (Å²) in [6, 6.07) is 2.68. The number of nitrogens with one attached hydrogen (secondary N) is 5. The van der Waals surface area contributed by atoms with Crippen molar-refractivity contribution in [2.75, 3.05) is 26.2 Å². The predicted molar refractivity (Wildman–Crippen MR) is 138 cm³/mol. The highest BCUT2D eigenvalue weighted by atomic mass is 19.4. The van der Waals surface area contributed by atoms with Crippen LogP contribution < -0.4 is 26.7 Å². The number of carboxylic acids is 1. The number of aliphatic imine (C=N–C) groups is 1. The Kier molecular flexibility index (Phi) is 10.00. The second-order valence-electron chi connectivity index (χ2n) is 8.65. The van der Waals surface area contributed by atoms with Crippen molar-refractivity contribution < 1.29 is 37.1 Å². The lowest BCUT2D eigenvalue weighted by molar-refractivity contribution is -0.138. The molecule has 11 nitrogen and oxygen atoms in total. The van der Waals surface area contributed by atoms with E-state index >= 15 is 0 Å². The fourth-order valence-electron chi connectivity index (χ4n) is 3.64. The van der Waals surface area contributed by atoms with E-state index in [1.54, 1.807) is 0 Å². The molecule has 2 heterocycles. The van der Waals surface area contributed by atoms with Gasteiger partial charge in [0.05, 0.1) is 50.4 Å². The van der Waals surface area contributed by atoms with Gasteiger partial charge in [0.1, 0.15) is 6.17 Å². The zero-order valence-electron chi connectivity index (χ0n) is 21.0. The van der Waals surface area contributed by atoms with E-state index in [9.17, 15) is 37.1 Å².